The maximum Gasteiger partial charge on any atom is 0.338 e. The number of allylic oxidation sites excluding steroid dienone is 1. The molecule has 0 aliphatic carbocycles. The van der Waals surface area contributed by atoms with Crippen LogP contribution < -0.4 is 4.74 Å². The number of hydrogen-bond acceptors (Lipinski definition) is 7. The Morgan fingerprint density at radius 3 is 2.55 bits per heavy atom. The summed E-state index contributed by atoms with van der Waals surface area (Å²) in [5, 5.41) is 0.436. The molecule has 31 heavy (non-hydrogen) atoms. The van der Waals surface area contributed by atoms with E-state index in [1.165, 1.54) is 11.8 Å². The molecule has 7 nitrogen and oxygen atoms in total. The summed E-state index contributed by atoms with van der Waals surface area (Å²) in [5.41, 5.74) is 1.77. The second-order valence-electron chi connectivity index (χ2n) is 7.42. The van der Waals surface area contributed by atoms with Crippen LogP contribution in [0.5, 0.6) is 5.75 Å². The number of esters is 1. The van der Waals surface area contributed by atoms with Crippen LogP contribution in [-0.4, -0.2) is 54.1 Å². The van der Waals surface area contributed by atoms with E-state index in [2.05, 4.69) is 11.9 Å². The van der Waals surface area contributed by atoms with E-state index in [9.17, 15) is 9.59 Å². The number of methoxy groups -OCH3 is 1. The van der Waals surface area contributed by atoms with Gasteiger partial charge in [-0.15, -0.1) is 0 Å². The minimum Gasteiger partial charge on any atom is -0.494 e. The molecule has 0 aromatic heterocycles. The van der Waals surface area contributed by atoms with Crippen LogP contribution >= 0.6 is 11.8 Å². The summed E-state index contributed by atoms with van der Waals surface area (Å²) < 4.78 is 16.2. The molecule has 2 aliphatic rings. The summed E-state index contributed by atoms with van der Waals surface area (Å²) in [4.78, 5) is 32.3. The Kier molecular flexibility index (Phi) is 8.15. The lowest BCUT2D eigenvalue weighted by atomic mass is 9.94. The van der Waals surface area contributed by atoms with E-state index in [4.69, 9.17) is 14.2 Å². The normalized spacial score (nSPS) is 20.6. The number of carbonyl (C=O) groups is 2. The van der Waals surface area contributed by atoms with Crippen molar-refractivity contribution in [3.63, 3.8) is 0 Å². The van der Waals surface area contributed by atoms with Crippen molar-refractivity contribution in [3.8, 4) is 5.75 Å². The van der Waals surface area contributed by atoms with Crippen LogP contribution in [0.4, 0.5) is 0 Å². The van der Waals surface area contributed by atoms with Gasteiger partial charge >= 0.3 is 5.97 Å². The molecule has 8 heteroatoms. The maximum atomic E-state index is 13.1. The Bertz CT molecular complexity index is 865. The van der Waals surface area contributed by atoms with Gasteiger partial charge in [-0.3, -0.25) is 9.69 Å². The smallest absolute Gasteiger partial charge is 0.338 e. The zero-order valence-electron chi connectivity index (χ0n) is 18.6. The first-order valence-corrected chi connectivity index (χ1v) is 11.6. The number of unbranched alkanes of at least 4 members (excludes halogenated alkanes) is 1. The third-order valence-corrected chi connectivity index (χ3v) is 6.54. The molecule has 3 rings (SSSR count). The monoisotopic (exact) mass is 446 g/mol. The molecule has 0 bridgehead atoms. The van der Waals surface area contributed by atoms with E-state index < -0.39 is 12.0 Å². The molecule has 2 aliphatic heterocycles. The molecule has 0 spiro atoms. The zero-order chi connectivity index (χ0) is 22.4. The fourth-order valence-corrected chi connectivity index (χ4v) is 4.68. The highest BCUT2D eigenvalue weighted by Gasteiger charge is 2.47. The van der Waals surface area contributed by atoms with Gasteiger partial charge in [-0.05, 0) is 37.5 Å². The third kappa shape index (κ3) is 5.13. The van der Waals surface area contributed by atoms with E-state index >= 15 is 0 Å². The molecule has 0 saturated carbocycles. The predicted octanol–water partition coefficient (Wildman–Crippen LogP) is 4.09. The Balaban J connectivity index is 1.94. The van der Waals surface area contributed by atoms with Gasteiger partial charge < -0.3 is 14.2 Å². The number of hydrogen-bond donors (Lipinski definition) is 0. The average molecular weight is 447 g/mol. The second kappa shape index (κ2) is 10.8. The average Bonchev–Trinajstić information content (AvgIpc) is 3.08. The number of rotatable bonds is 10. The van der Waals surface area contributed by atoms with Gasteiger partial charge in [0.1, 0.15) is 12.4 Å². The molecule has 1 aromatic carbocycles. The highest BCUT2D eigenvalue weighted by Crippen LogP contribution is 2.44. The Hall–Kier alpha value is -2.32. The van der Waals surface area contributed by atoms with E-state index in [1.54, 1.807) is 18.9 Å². The standard InChI is InChI=1S/C23H30N2O5S/c1-5-7-12-29-17-10-8-16(9-11-17)20-19(22(27)30-14-13-28-4)15(3)24-23-25(20)21(26)18(6-2)31-23/h8-11,18,20H,5-7,12-14H2,1-4H3. The van der Waals surface area contributed by atoms with Crippen LogP contribution in [0.2, 0.25) is 0 Å². The van der Waals surface area contributed by atoms with Gasteiger partial charge in [0, 0.05) is 7.11 Å². The summed E-state index contributed by atoms with van der Waals surface area (Å²) in [5.74, 6) is 0.248. The summed E-state index contributed by atoms with van der Waals surface area (Å²) in [6, 6.07) is 6.99. The molecule has 1 saturated heterocycles. The number of amidine groups is 1. The number of fused-ring (bicyclic) bond motifs is 1. The van der Waals surface area contributed by atoms with Gasteiger partial charge in [0.25, 0.3) is 0 Å². The largest absolute Gasteiger partial charge is 0.494 e. The van der Waals surface area contributed by atoms with Crippen molar-refractivity contribution in [1.29, 1.82) is 0 Å². The summed E-state index contributed by atoms with van der Waals surface area (Å²) in [7, 11) is 1.55. The Labute approximate surface area is 187 Å². The first-order chi connectivity index (χ1) is 15.0. The van der Waals surface area contributed by atoms with Crippen molar-refractivity contribution in [2.45, 2.75) is 51.3 Å². The predicted molar refractivity (Wildman–Crippen MR) is 121 cm³/mol. The Morgan fingerprint density at radius 2 is 1.90 bits per heavy atom. The summed E-state index contributed by atoms with van der Waals surface area (Å²) in [6.45, 7) is 6.98. The van der Waals surface area contributed by atoms with Gasteiger partial charge in [-0.2, -0.15) is 0 Å². The number of ether oxygens (including phenoxy) is 3. The summed E-state index contributed by atoms with van der Waals surface area (Å²) in [6.07, 6.45) is 2.75. The Morgan fingerprint density at radius 1 is 1.16 bits per heavy atom. The number of thioether (sulfide) groups is 1. The van der Waals surface area contributed by atoms with Gasteiger partial charge in [-0.1, -0.05) is 44.2 Å². The summed E-state index contributed by atoms with van der Waals surface area (Å²) >= 11 is 1.45. The minimum absolute atomic E-state index is 0.0331. The topological polar surface area (TPSA) is 77.4 Å². The SMILES string of the molecule is CCCCOc1ccc(C2C(C(=O)OCCOC)=C(C)N=C3SC(CC)C(=O)N32)cc1. The van der Waals surface area contributed by atoms with E-state index in [0.29, 0.717) is 36.1 Å². The molecule has 168 valence electrons. The van der Waals surface area contributed by atoms with E-state index in [1.807, 2.05) is 31.2 Å². The van der Waals surface area contributed by atoms with Crippen molar-refractivity contribution in [2.75, 3.05) is 26.9 Å². The van der Waals surface area contributed by atoms with Crippen LogP contribution in [0.3, 0.4) is 0 Å². The van der Waals surface area contributed by atoms with Crippen molar-refractivity contribution >= 4 is 28.8 Å². The number of nitrogens with zero attached hydrogens (tertiary/aromatic N) is 2. The minimum atomic E-state index is -0.580. The first-order valence-electron chi connectivity index (χ1n) is 10.7. The molecule has 1 fully saturated rings. The molecule has 1 amide bonds. The zero-order valence-corrected chi connectivity index (χ0v) is 19.4. The van der Waals surface area contributed by atoms with Crippen molar-refractivity contribution in [2.24, 2.45) is 4.99 Å². The first kappa shape index (κ1) is 23.3. The highest BCUT2D eigenvalue weighted by atomic mass is 32.2. The van der Waals surface area contributed by atoms with Gasteiger partial charge in [0.05, 0.1) is 35.8 Å². The number of benzene rings is 1. The molecular formula is C23H30N2O5S. The lowest BCUT2D eigenvalue weighted by molar-refractivity contribution is -0.141. The molecule has 2 heterocycles. The lowest BCUT2D eigenvalue weighted by Crippen LogP contribution is -2.40. The van der Waals surface area contributed by atoms with Crippen molar-refractivity contribution in [3.05, 3.63) is 41.1 Å². The van der Waals surface area contributed by atoms with Crippen LogP contribution in [0.1, 0.15) is 51.6 Å². The van der Waals surface area contributed by atoms with E-state index in [-0.39, 0.29) is 17.8 Å². The fraction of sp³-hybridized carbons (Fsp3) is 0.522. The lowest BCUT2D eigenvalue weighted by Gasteiger charge is -2.33. The molecule has 1 aromatic rings. The van der Waals surface area contributed by atoms with Gasteiger partial charge in [-0.25, -0.2) is 9.79 Å². The highest BCUT2D eigenvalue weighted by molar-refractivity contribution is 8.15. The number of amides is 1. The van der Waals surface area contributed by atoms with Crippen molar-refractivity contribution < 1.29 is 23.8 Å². The molecular weight excluding hydrogens is 416 g/mol. The number of carbonyl (C=O) groups excluding carboxylic acids is 2. The van der Waals surface area contributed by atoms with Crippen LogP contribution in [0.25, 0.3) is 0 Å². The number of aliphatic imine (C=N–C) groups is 1. The van der Waals surface area contributed by atoms with Crippen molar-refractivity contribution in [1.82, 2.24) is 4.90 Å². The quantitative estimate of drug-likeness (QED) is 0.398. The fourth-order valence-electron chi connectivity index (χ4n) is 3.54. The van der Waals surface area contributed by atoms with Crippen LogP contribution in [0, 0.1) is 0 Å². The van der Waals surface area contributed by atoms with Gasteiger partial charge in [0.15, 0.2) is 5.17 Å². The third-order valence-electron chi connectivity index (χ3n) is 5.23. The molecule has 0 N–H and O–H groups in total. The molecule has 2 unspecified atom stereocenters. The van der Waals surface area contributed by atoms with Gasteiger partial charge in [0.2, 0.25) is 5.91 Å². The molecule has 0 radical (unpaired) electrons. The second-order valence-corrected chi connectivity index (χ2v) is 8.59. The van der Waals surface area contributed by atoms with Crippen LogP contribution in [-0.2, 0) is 19.1 Å². The maximum absolute atomic E-state index is 13.1. The van der Waals surface area contributed by atoms with E-state index in [0.717, 1.165) is 24.2 Å². The van der Waals surface area contributed by atoms with Crippen LogP contribution in [0.15, 0.2) is 40.5 Å². The molecule has 2 atom stereocenters.